The summed E-state index contributed by atoms with van der Waals surface area (Å²) in [7, 11) is 0. The Balaban J connectivity index is 2.81. The summed E-state index contributed by atoms with van der Waals surface area (Å²) >= 11 is 5.79. The molecule has 0 radical (unpaired) electrons. The van der Waals surface area contributed by atoms with Crippen LogP contribution in [-0.2, 0) is 4.79 Å². The number of aliphatic carboxylic acids is 1. The fraction of sp³-hybridized carbons (Fsp3) is 0.300. The minimum Gasteiger partial charge on any atom is -0.479 e. The summed E-state index contributed by atoms with van der Waals surface area (Å²) in [6, 6.07) is 3.71. The van der Waals surface area contributed by atoms with Gasteiger partial charge in [0.05, 0.1) is 22.2 Å². The molecule has 1 aromatic carbocycles. The molecular formula is C10H11ClN2O5. The van der Waals surface area contributed by atoms with Gasteiger partial charge in [0.15, 0.2) is 5.60 Å². The van der Waals surface area contributed by atoms with Crippen molar-refractivity contribution in [3.8, 4) is 0 Å². The number of non-ortho nitro benzene ring substituents is 1. The number of carboxylic acid groups (broad SMARTS) is 1. The third-order valence-corrected chi connectivity index (χ3v) is 2.56. The zero-order valence-electron chi connectivity index (χ0n) is 9.38. The maximum atomic E-state index is 10.7. The van der Waals surface area contributed by atoms with E-state index >= 15 is 0 Å². The van der Waals surface area contributed by atoms with Crippen molar-refractivity contribution < 1.29 is 19.9 Å². The number of nitro groups is 1. The highest BCUT2D eigenvalue weighted by Gasteiger charge is 2.29. The number of nitro benzene ring substituents is 1. The average Bonchev–Trinajstić information content (AvgIpc) is 2.26. The molecule has 0 heterocycles. The molecule has 0 aliphatic carbocycles. The zero-order valence-corrected chi connectivity index (χ0v) is 10.1. The molecule has 18 heavy (non-hydrogen) atoms. The first-order valence-electron chi connectivity index (χ1n) is 4.87. The number of aliphatic hydroxyl groups is 1. The Morgan fingerprint density at radius 1 is 1.61 bits per heavy atom. The lowest BCUT2D eigenvalue weighted by Crippen LogP contribution is -2.41. The molecule has 8 heteroatoms. The maximum Gasteiger partial charge on any atom is 0.337 e. The second kappa shape index (κ2) is 5.19. The number of carbonyl (C=O) groups is 1. The molecule has 1 unspecified atom stereocenters. The van der Waals surface area contributed by atoms with Crippen LogP contribution in [0, 0.1) is 10.1 Å². The van der Waals surface area contributed by atoms with Gasteiger partial charge in [-0.3, -0.25) is 10.1 Å². The number of hydrogen-bond donors (Lipinski definition) is 3. The van der Waals surface area contributed by atoms with Crippen LogP contribution in [0.5, 0.6) is 0 Å². The smallest absolute Gasteiger partial charge is 0.337 e. The molecule has 0 saturated heterocycles. The van der Waals surface area contributed by atoms with Gasteiger partial charge in [-0.1, -0.05) is 11.6 Å². The van der Waals surface area contributed by atoms with E-state index in [2.05, 4.69) is 5.32 Å². The van der Waals surface area contributed by atoms with E-state index < -0.39 is 16.5 Å². The predicted octanol–water partition coefficient (Wildman–Crippen LogP) is 1.50. The summed E-state index contributed by atoms with van der Waals surface area (Å²) in [4.78, 5) is 20.5. The van der Waals surface area contributed by atoms with Gasteiger partial charge in [0.1, 0.15) is 0 Å². The number of hydrogen-bond acceptors (Lipinski definition) is 5. The molecule has 0 bridgehead atoms. The summed E-state index contributed by atoms with van der Waals surface area (Å²) in [5.74, 6) is -1.38. The van der Waals surface area contributed by atoms with Crippen LogP contribution in [0.4, 0.5) is 11.4 Å². The fourth-order valence-corrected chi connectivity index (χ4v) is 1.35. The molecule has 0 fully saturated rings. The van der Waals surface area contributed by atoms with Crippen LogP contribution in [-0.4, -0.2) is 33.3 Å². The molecule has 3 N–H and O–H groups in total. The van der Waals surface area contributed by atoms with Crippen molar-refractivity contribution in [3.05, 3.63) is 33.3 Å². The van der Waals surface area contributed by atoms with Crippen LogP contribution in [0.15, 0.2) is 18.2 Å². The van der Waals surface area contributed by atoms with Gasteiger partial charge < -0.3 is 15.5 Å². The Bertz CT molecular complexity index is 489. The highest BCUT2D eigenvalue weighted by molar-refractivity contribution is 6.33. The number of anilines is 1. The van der Waals surface area contributed by atoms with E-state index in [-0.39, 0.29) is 17.3 Å². The van der Waals surface area contributed by atoms with Crippen LogP contribution in [0.3, 0.4) is 0 Å². The second-order valence-corrected chi connectivity index (χ2v) is 4.26. The van der Waals surface area contributed by atoms with Crippen LogP contribution < -0.4 is 5.32 Å². The van der Waals surface area contributed by atoms with Gasteiger partial charge in [0.2, 0.25) is 0 Å². The van der Waals surface area contributed by atoms with Crippen LogP contribution >= 0.6 is 11.6 Å². The Labute approximate surface area is 107 Å². The van der Waals surface area contributed by atoms with Gasteiger partial charge in [0, 0.05) is 12.1 Å². The topological polar surface area (TPSA) is 113 Å². The van der Waals surface area contributed by atoms with E-state index in [9.17, 15) is 20.0 Å². The molecule has 0 aliphatic heterocycles. The van der Waals surface area contributed by atoms with Crippen molar-refractivity contribution in [2.24, 2.45) is 0 Å². The quantitative estimate of drug-likeness (QED) is 0.554. The largest absolute Gasteiger partial charge is 0.479 e. The third-order valence-electron chi connectivity index (χ3n) is 2.25. The number of nitrogens with one attached hydrogen (secondary N) is 1. The number of halogens is 1. The monoisotopic (exact) mass is 274 g/mol. The molecule has 0 aliphatic rings. The molecule has 7 nitrogen and oxygen atoms in total. The van der Waals surface area contributed by atoms with Crippen LogP contribution in [0.2, 0.25) is 5.02 Å². The van der Waals surface area contributed by atoms with Crippen LogP contribution in [0.25, 0.3) is 0 Å². The third kappa shape index (κ3) is 3.31. The van der Waals surface area contributed by atoms with Crippen molar-refractivity contribution >= 4 is 28.9 Å². The SMILES string of the molecule is CC(O)(CNc1ccc([N+](=O)[O-])cc1Cl)C(=O)O. The first-order valence-corrected chi connectivity index (χ1v) is 5.25. The summed E-state index contributed by atoms with van der Waals surface area (Å²) in [5.41, 5.74) is -1.81. The van der Waals surface area contributed by atoms with Gasteiger partial charge in [-0.2, -0.15) is 0 Å². The van der Waals surface area contributed by atoms with E-state index in [0.29, 0.717) is 5.69 Å². The Hall–Kier alpha value is -1.86. The molecule has 0 saturated carbocycles. The highest BCUT2D eigenvalue weighted by Crippen LogP contribution is 2.26. The molecule has 98 valence electrons. The van der Waals surface area contributed by atoms with Gasteiger partial charge in [-0.25, -0.2) is 4.79 Å². The lowest BCUT2D eigenvalue weighted by molar-refractivity contribution is -0.384. The highest BCUT2D eigenvalue weighted by atomic mass is 35.5. The average molecular weight is 275 g/mol. The van der Waals surface area contributed by atoms with E-state index in [1.54, 1.807) is 0 Å². The summed E-state index contributed by atoms with van der Waals surface area (Å²) in [6.45, 7) is 0.849. The Morgan fingerprint density at radius 2 is 2.22 bits per heavy atom. The Kier molecular flexibility index (Phi) is 4.10. The van der Waals surface area contributed by atoms with Crippen molar-refractivity contribution in [1.82, 2.24) is 0 Å². The number of benzene rings is 1. The van der Waals surface area contributed by atoms with Crippen molar-refractivity contribution in [1.29, 1.82) is 0 Å². The summed E-state index contributed by atoms with van der Waals surface area (Å²) in [6.07, 6.45) is 0. The Morgan fingerprint density at radius 3 is 2.67 bits per heavy atom. The molecule has 0 amide bonds. The lowest BCUT2D eigenvalue weighted by atomic mass is 10.1. The van der Waals surface area contributed by atoms with Gasteiger partial charge in [0.25, 0.3) is 5.69 Å². The van der Waals surface area contributed by atoms with Crippen molar-refractivity contribution in [2.75, 3.05) is 11.9 Å². The molecule has 1 rings (SSSR count). The van der Waals surface area contributed by atoms with Gasteiger partial charge >= 0.3 is 5.97 Å². The van der Waals surface area contributed by atoms with Crippen molar-refractivity contribution in [2.45, 2.75) is 12.5 Å². The molecule has 0 aromatic heterocycles. The second-order valence-electron chi connectivity index (χ2n) is 3.85. The lowest BCUT2D eigenvalue weighted by Gasteiger charge is -2.19. The minimum atomic E-state index is -1.95. The van der Waals surface area contributed by atoms with Crippen molar-refractivity contribution in [3.63, 3.8) is 0 Å². The molecule has 1 atom stereocenters. The first kappa shape index (κ1) is 14.2. The summed E-state index contributed by atoms with van der Waals surface area (Å²) < 4.78 is 0. The van der Waals surface area contributed by atoms with Gasteiger partial charge in [-0.15, -0.1) is 0 Å². The number of rotatable bonds is 5. The van der Waals surface area contributed by atoms with E-state index in [4.69, 9.17) is 16.7 Å². The molecular weight excluding hydrogens is 264 g/mol. The zero-order chi connectivity index (χ0) is 13.9. The fourth-order valence-electron chi connectivity index (χ4n) is 1.10. The molecule has 1 aromatic rings. The normalized spacial score (nSPS) is 13.7. The van der Waals surface area contributed by atoms with E-state index in [0.717, 1.165) is 13.0 Å². The number of carboxylic acids is 1. The first-order chi connectivity index (χ1) is 8.24. The summed E-state index contributed by atoms with van der Waals surface area (Å²) in [5, 5.41) is 31.3. The van der Waals surface area contributed by atoms with Crippen LogP contribution in [0.1, 0.15) is 6.92 Å². The minimum absolute atomic E-state index is 0.0744. The standard InChI is InChI=1S/C10H11ClN2O5/c1-10(16,9(14)15)5-12-8-3-2-6(13(17)18)4-7(8)11/h2-4,12,16H,5H2,1H3,(H,14,15). The van der Waals surface area contributed by atoms with E-state index in [1.165, 1.54) is 12.1 Å². The molecule has 0 spiro atoms. The maximum absolute atomic E-state index is 10.7. The predicted molar refractivity (Wildman–Crippen MR) is 64.9 cm³/mol. The van der Waals surface area contributed by atoms with E-state index in [1.807, 2.05) is 0 Å². The van der Waals surface area contributed by atoms with Gasteiger partial charge in [-0.05, 0) is 13.0 Å². The number of nitrogens with zero attached hydrogens (tertiary/aromatic N) is 1.